The van der Waals surface area contributed by atoms with Gasteiger partial charge in [0.25, 0.3) is 0 Å². The second-order valence-corrected chi connectivity index (χ2v) is 4.78. The fraction of sp³-hybridized carbons (Fsp3) is 0.267. The largest absolute Gasteiger partial charge is 0.369 e. The molecule has 0 saturated carbocycles. The number of anilines is 1. The molecule has 0 amide bonds. The van der Waals surface area contributed by atoms with Gasteiger partial charge in [-0.15, -0.1) is 0 Å². The summed E-state index contributed by atoms with van der Waals surface area (Å²) in [5.41, 5.74) is 3.52. The Labute approximate surface area is 113 Å². The SMILES string of the molecule is CCc1ccc(N(C)Cc2cc(Cl)ccn2)cc1. The van der Waals surface area contributed by atoms with Crippen molar-refractivity contribution in [2.45, 2.75) is 19.9 Å². The molecule has 0 fully saturated rings. The highest BCUT2D eigenvalue weighted by Gasteiger charge is 2.03. The third kappa shape index (κ3) is 3.23. The summed E-state index contributed by atoms with van der Waals surface area (Å²) in [7, 11) is 2.06. The molecule has 1 aromatic heterocycles. The minimum absolute atomic E-state index is 0.731. The maximum Gasteiger partial charge on any atom is 0.0611 e. The monoisotopic (exact) mass is 260 g/mol. The van der Waals surface area contributed by atoms with Crippen LogP contribution in [0.25, 0.3) is 0 Å². The summed E-state index contributed by atoms with van der Waals surface area (Å²) in [6, 6.07) is 12.3. The topological polar surface area (TPSA) is 16.1 Å². The molecule has 18 heavy (non-hydrogen) atoms. The first-order valence-electron chi connectivity index (χ1n) is 6.09. The summed E-state index contributed by atoms with van der Waals surface area (Å²) in [5, 5.41) is 0.731. The van der Waals surface area contributed by atoms with E-state index in [9.17, 15) is 0 Å². The lowest BCUT2D eigenvalue weighted by Gasteiger charge is -2.19. The third-order valence-electron chi connectivity index (χ3n) is 2.96. The second-order valence-electron chi connectivity index (χ2n) is 4.34. The Morgan fingerprint density at radius 2 is 1.89 bits per heavy atom. The van der Waals surface area contributed by atoms with E-state index in [2.05, 4.69) is 48.1 Å². The van der Waals surface area contributed by atoms with E-state index in [1.54, 1.807) is 12.3 Å². The average molecular weight is 261 g/mol. The van der Waals surface area contributed by atoms with Crippen LogP contribution in [0.5, 0.6) is 0 Å². The Morgan fingerprint density at radius 1 is 1.17 bits per heavy atom. The fourth-order valence-corrected chi connectivity index (χ4v) is 2.04. The molecule has 0 unspecified atom stereocenters. The van der Waals surface area contributed by atoms with E-state index in [1.165, 1.54) is 11.3 Å². The summed E-state index contributed by atoms with van der Waals surface area (Å²) in [5.74, 6) is 0. The zero-order valence-electron chi connectivity index (χ0n) is 10.7. The number of benzene rings is 1. The molecule has 94 valence electrons. The zero-order valence-corrected chi connectivity index (χ0v) is 11.5. The molecule has 3 heteroatoms. The van der Waals surface area contributed by atoms with Crippen molar-refractivity contribution in [1.82, 2.24) is 4.98 Å². The second kappa shape index (κ2) is 5.87. The van der Waals surface area contributed by atoms with E-state index >= 15 is 0 Å². The Balaban J connectivity index is 2.09. The number of aromatic nitrogens is 1. The summed E-state index contributed by atoms with van der Waals surface area (Å²) >= 11 is 5.96. The van der Waals surface area contributed by atoms with Crippen LogP contribution in [-0.2, 0) is 13.0 Å². The van der Waals surface area contributed by atoms with Crippen molar-refractivity contribution in [2.75, 3.05) is 11.9 Å². The van der Waals surface area contributed by atoms with Gasteiger partial charge in [0.1, 0.15) is 0 Å². The fourth-order valence-electron chi connectivity index (χ4n) is 1.86. The van der Waals surface area contributed by atoms with Crippen LogP contribution in [-0.4, -0.2) is 12.0 Å². The summed E-state index contributed by atoms with van der Waals surface area (Å²) in [6.07, 6.45) is 2.81. The van der Waals surface area contributed by atoms with Crippen LogP contribution in [0.2, 0.25) is 5.02 Å². The van der Waals surface area contributed by atoms with Crippen LogP contribution in [0.4, 0.5) is 5.69 Å². The Morgan fingerprint density at radius 3 is 2.50 bits per heavy atom. The molecule has 0 N–H and O–H groups in total. The number of halogens is 1. The van der Waals surface area contributed by atoms with Crippen LogP contribution in [0, 0.1) is 0 Å². The van der Waals surface area contributed by atoms with Crippen molar-refractivity contribution in [2.24, 2.45) is 0 Å². The molecule has 1 heterocycles. The zero-order chi connectivity index (χ0) is 13.0. The number of hydrogen-bond donors (Lipinski definition) is 0. The van der Waals surface area contributed by atoms with Gasteiger partial charge in [0.15, 0.2) is 0 Å². The molecule has 2 aromatic rings. The molecule has 0 aliphatic rings. The smallest absolute Gasteiger partial charge is 0.0611 e. The van der Waals surface area contributed by atoms with Crippen LogP contribution in [0.3, 0.4) is 0 Å². The number of aryl methyl sites for hydroxylation is 1. The minimum Gasteiger partial charge on any atom is -0.369 e. The van der Waals surface area contributed by atoms with E-state index in [0.717, 1.165) is 23.7 Å². The molecule has 0 aliphatic heterocycles. The van der Waals surface area contributed by atoms with Gasteiger partial charge in [0.2, 0.25) is 0 Å². The van der Waals surface area contributed by atoms with Gasteiger partial charge in [-0.1, -0.05) is 30.7 Å². The normalized spacial score (nSPS) is 10.4. The molecule has 0 radical (unpaired) electrons. The summed E-state index contributed by atoms with van der Waals surface area (Å²) in [6.45, 7) is 2.92. The first kappa shape index (κ1) is 12.9. The van der Waals surface area contributed by atoms with Crippen molar-refractivity contribution < 1.29 is 0 Å². The van der Waals surface area contributed by atoms with E-state index in [-0.39, 0.29) is 0 Å². The number of pyridine rings is 1. The van der Waals surface area contributed by atoms with Gasteiger partial charge in [-0.25, -0.2) is 0 Å². The minimum atomic E-state index is 0.731. The molecule has 0 spiro atoms. The molecule has 0 aliphatic carbocycles. The van der Waals surface area contributed by atoms with Gasteiger partial charge >= 0.3 is 0 Å². The molecular formula is C15H17ClN2. The molecule has 0 atom stereocenters. The van der Waals surface area contributed by atoms with E-state index < -0.39 is 0 Å². The first-order valence-corrected chi connectivity index (χ1v) is 6.47. The lowest BCUT2D eigenvalue weighted by molar-refractivity contribution is 0.884. The highest BCUT2D eigenvalue weighted by molar-refractivity contribution is 6.30. The predicted molar refractivity (Wildman–Crippen MR) is 77.2 cm³/mol. The maximum absolute atomic E-state index is 5.96. The Bertz CT molecular complexity index is 508. The quantitative estimate of drug-likeness (QED) is 0.828. The van der Waals surface area contributed by atoms with Crippen molar-refractivity contribution in [3.63, 3.8) is 0 Å². The third-order valence-corrected chi connectivity index (χ3v) is 3.20. The van der Waals surface area contributed by atoms with E-state index in [4.69, 9.17) is 11.6 Å². The first-order chi connectivity index (χ1) is 8.69. The molecule has 2 nitrogen and oxygen atoms in total. The van der Waals surface area contributed by atoms with Crippen LogP contribution >= 0.6 is 11.6 Å². The van der Waals surface area contributed by atoms with Crippen LogP contribution in [0.1, 0.15) is 18.2 Å². The number of hydrogen-bond acceptors (Lipinski definition) is 2. The van der Waals surface area contributed by atoms with Gasteiger partial charge in [-0.2, -0.15) is 0 Å². The number of nitrogens with zero attached hydrogens (tertiary/aromatic N) is 2. The van der Waals surface area contributed by atoms with Gasteiger partial charge < -0.3 is 4.90 Å². The Hall–Kier alpha value is -1.54. The predicted octanol–water partition coefficient (Wildman–Crippen LogP) is 3.93. The van der Waals surface area contributed by atoms with Crippen molar-refractivity contribution >= 4 is 17.3 Å². The van der Waals surface area contributed by atoms with E-state index in [1.807, 2.05) is 6.07 Å². The molecule has 1 aromatic carbocycles. The Kier molecular flexibility index (Phi) is 4.21. The van der Waals surface area contributed by atoms with Gasteiger partial charge in [0, 0.05) is 24.0 Å². The maximum atomic E-state index is 5.96. The molecule has 0 saturated heterocycles. The van der Waals surface area contributed by atoms with Gasteiger partial charge in [0.05, 0.1) is 12.2 Å². The molecular weight excluding hydrogens is 244 g/mol. The van der Waals surface area contributed by atoms with Crippen molar-refractivity contribution in [1.29, 1.82) is 0 Å². The summed E-state index contributed by atoms with van der Waals surface area (Å²) in [4.78, 5) is 6.48. The van der Waals surface area contributed by atoms with Crippen LogP contribution in [0.15, 0.2) is 42.6 Å². The number of rotatable bonds is 4. The van der Waals surface area contributed by atoms with Crippen LogP contribution < -0.4 is 4.90 Å². The molecule has 2 rings (SSSR count). The molecule has 0 bridgehead atoms. The van der Waals surface area contributed by atoms with Gasteiger partial charge in [-0.3, -0.25) is 4.98 Å². The summed E-state index contributed by atoms with van der Waals surface area (Å²) < 4.78 is 0. The van der Waals surface area contributed by atoms with Crippen molar-refractivity contribution in [3.05, 3.63) is 58.9 Å². The lowest BCUT2D eigenvalue weighted by atomic mass is 10.1. The highest BCUT2D eigenvalue weighted by Crippen LogP contribution is 2.17. The van der Waals surface area contributed by atoms with Crippen molar-refractivity contribution in [3.8, 4) is 0 Å². The lowest BCUT2D eigenvalue weighted by Crippen LogP contribution is -2.17. The van der Waals surface area contributed by atoms with E-state index in [0.29, 0.717) is 0 Å². The van der Waals surface area contributed by atoms with Gasteiger partial charge in [-0.05, 0) is 36.2 Å². The highest BCUT2D eigenvalue weighted by atomic mass is 35.5. The standard InChI is InChI=1S/C15H17ClN2/c1-3-12-4-6-15(7-5-12)18(2)11-14-10-13(16)8-9-17-14/h4-10H,3,11H2,1-2H3. The average Bonchev–Trinajstić information content (AvgIpc) is 2.39.